The second-order valence-corrected chi connectivity index (χ2v) is 5.78. The lowest BCUT2D eigenvalue weighted by Crippen LogP contribution is -2.35. The van der Waals surface area contributed by atoms with Crippen molar-refractivity contribution < 1.29 is 5.11 Å². The summed E-state index contributed by atoms with van der Waals surface area (Å²) in [5, 5.41) is 9.31. The largest absolute Gasteiger partial charge is 0.392 e. The predicted octanol–water partition coefficient (Wildman–Crippen LogP) is 1.91. The van der Waals surface area contributed by atoms with Crippen LogP contribution < -0.4 is 4.90 Å². The molecule has 0 aliphatic carbocycles. The fraction of sp³-hybridized carbons (Fsp3) is 0.667. The Morgan fingerprint density at radius 2 is 1.89 bits per heavy atom. The molecule has 0 aliphatic rings. The summed E-state index contributed by atoms with van der Waals surface area (Å²) in [5.74, 6) is 1.56. The van der Waals surface area contributed by atoms with Crippen molar-refractivity contribution in [3.05, 3.63) is 23.4 Å². The van der Waals surface area contributed by atoms with Crippen molar-refractivity contribution in [2.24, 2.45) is 5.92 Å². The molecule has 4 heteroatoms. The average molecular weight is 265 g/mol. The van der Waals surface area contributed by atoms with Gasteiger partial charge in [0.2, 0.25) is 0 Å². The first-order valence-corrected chi connectivity index (χ1v) is 6.90. The van der Waals surface area contributed by atoms with Crippen LogP contribution in [0.25, 0.3) is 0 Å². The number of hydrogen-bond donors (Lipinski definition) is 1. The van der Waals surface area contributed by atoms with E-state index in [0.29, 0.717) is 5.92 Å². The zero-order chi connectivity index (χ0) is 14.4. The minimum absolute atomic E-state index is 0.0690. The van der Waals surface area contributed by atoms with E-state index < -0.39 is 0 Å². The minimum Gasteiger partial charge on any atom is -0.392 e. The molecule has 0 fully saturated rings. The summed E-state index contributed by atoms with van der Waals surface area (Å²) in [6.07, 6.45) is 0. The van der Waals surface area contributed by atoms with Crippen molar-refractivity contribution in [1.29, 1.82) is 0 Å². The first-order chi connectivity index (χ1) is 8.92. The Hall–Kier alpha value is -1.13. The van der Waals surface area contributed by atoms with Gasteiger partial charge in [0.1, 0.15) is 5.82 Å². The summed E-state index contributed by atoms with van der Waals surface area (Å²) >= 11 is 0. The van der Waals surface area contributed by atoms with Gasteiger partial charge in [-0.1, -0.05) is 13.8 Å². The number of likely N-dealkylation sites (N-methyl/N-ethyl adjacent to an activating group) is 1. The molecule has 4 nitrogen and oxygen atoms in total. The van der Waals surface area contributed by atoms with E-state index in [4.69, 9.17) is 0 Å². The van der Waals surface area contributed by atoms with Gasteiger partial charge in [0, 0.05) is 25.3 Å². The fourth-order valence-electron chi connectivity index (χ4n) is 2.04. The molecule has 0 bridgehead atoms. The number of rotatable bonds is 7. The smallest absolute Gasteiger partial charge is 0.129 e. The highest BCUT2D eigenvalue weighted by Crippen LogP contribution is 2.16. The van der Waals surface area contributed by atoms with Crippen molar-refractivity contribution in [2.45, 2.75) is 27.4 Å². The molecule has 1 N–H and O–H groups in total. The Morgan fingerprint density at radius 3 is 2.42 bits per heavy atom. The minimum atomic E-state index is 0.0690. The number of hydrogen-bond acceptors (Lipinski definition) is 4. The van der Waals surface area contributed by atoms with E-state index in [1.54, 1.807) is 0 Å². The summed E-state index contributed by atoms with van der Waals surface area (Å²) in [7, 11) is 4.16. The number of pyridine rings is 1. The van der Waals surface area contributed by atoms with Gasteiger partial charge in [0.05, 0.1) is 6.61 Å². The van der Waals surface area contributed by atoms with E-state index in [-0.39, 0.29) is 6.61 Å². The molecule has 1 aromatic rings. The topological polar surface area (TPSA) is 39.6 Å². The van der Waals surface area contributed by atoms with E-state index >= 15 is 0 Å². The molecule has 0 radical (unpaired) electrons. The van der Waals surface area contributed by atoms with Crippen LogP contribution in [0.4, 0.5) is 5.82 Å². The highest BCUT2D eigenvalue weighted by molar-refractivity contribution is 5.42. The number of anilines is 1. The maximum atomic E-state index is 9.31. The monoisotopic (exact) mass is 265 g/mol. The second-order valence-electron chi connectivity index (χ2n) is 5.78. The normalized spacial score (nSPS) is 11.4. The van der Waals surface area contributed by atoms with E-state index in [1.807, 2.05) is 19.1 Å². The standard InChI is InChI=1S/C15H27N3O/c1-12(2)10-18(7-6-17(4)5)15-9-14(11-19)8-13(3)16-15/h8-9,12,19H,6-7,10-11H2,1-5H3. The lowest BCUT2D eigenvalue weighted by atomic mass is 10.2. The van der Waals surface area contributed by atoms with Crippen molar-refractivity contribution in [3.63, 3.8) is 0 Å². The third-order valence-electron chi connectivity index (χ3n) is 2.91. The summed E-state index contributed by atoms with van der Waals surface area (Å²) in [4.78, 5) is 9.09. The zero-order valence-corrected chi connectivity index (χ0v) is 12.8. The molecular formula is C15H27N3O. The molecule has 0 aliphatic heterocycles. The van der Waals surface area contributed by atoms with Crippen molar-refractivity contribution >= 4 is 5.82 Å². The van der Waals surface area contributed by atoms with Crippen molar-refractivity contribution in [3.8, 4) is 0 Å². The van der Waals surface area contributed by atoms with Crippen LogP contribution in [0.5, 0.6) is 0 Å². The van der Waals surface area contributed by atoms with Gasteiger partial charge in [-0.25, -0.2) is 4.98 Å². The summed E-state index contributed by atoms with van der Waals surface area (Å²) < 4.78 is 0. The van der Waals surface area contributed by atoms with E-state index in [0.717, 1.165) is 36.7 Å². The molecule has 1 rings (SSSR count). The third-order valence-corrected chi connectivity index (χ3v) is 2.91. The Labute approximate surface area is 117 Å². The molecule has 0 atom stereocenters. The number of aliphatic hydroxyl groups is 1. The van der Waals surface area contributed by atoms with Crippen LogP contribution in [0.1, 0.15) is 25.1 Å². The van der Waals surface area contributed by atoms with Gasteiger partial charge in [-0.2, -0.15) is 0 Å². The lowest BCUT2D eigenvalue weighted by Gasteiger charge is -2.27. The number of nitrogens with zero attached hydrogens (tertiary/aromatic N) is 3. The van der Waals surface area contributed by atoms with Gasteiger partial charge in [-0.05, 0) is 44.6 Å². The highest BCUT2D eigenvalue weighted by atomic mass is 16.3. The zero-order valence-electron chi connectivity index (χ0n) is 12.8. The van der Waals surface area contributed by atoms with Crippen molar-refractivity contribution in [2.75, 3.05) is 38.6 Å². The Morgan fingerprint density at radius 1 is 1.21 bits per heavy atom. The SMILES string of the molecule is Cc1cc(CO)cc(N(CCN(C)C)CC(C)C)n1. The maximum absolute atomic E-state index is 9.31. The van der Waals surface area contributed by atoms with E-state index in [1.165, 1.54) is 0 Å². The van der Waals surface area contributed by atoms with Crippen LogP contribution in [-0.4, -0.2) is 48.7 Å². The highest BCUT2D eigenvalue weighted by Gasteiger charge is 2.11. The molecule has 1 heterocycles. The Bertz CT molecular complexity index is 391. The molecular weight excluding hydrogens is 238 g/mol. The van der Waals surface area contributed by atoms with E-state index in [9.17, 15) is 5.11 Å². The van der Waals surface area contributed by atoms with Gasteiger partial charge in [-0.3, -0.25) is 0 Å². The van der Waals surface area contributed by atoms with Gasteiger partial charge in [0.15, 0.2) is 0 Å². The van der Waals surface area contributed by atoms with E-state index in [2.05, 4.69) is 42.7 Å². The predicted molar refractivity (Wildman–Crippen MR) is 80.5 cm³/mol. The van der Waals surface area contributed by atoms with Crippen LogP contribution in [0, 0.1) is 12.8 Å². The molecule has 0 saturated carbocycles. The number of aliphatic hydroxyl groups excluding tert-OH is 1. The average Bonchev–Trinajstić information content (AvgIpc) is 2.32. The molecule has 0 aromatic carbocycles. The molecule has 0 saturated heterocycles. The Kier molecular flexibility index (Phi) is 6.25. The fourth-order valence-corrected chi connectivity index (χ4v) is 2.04. The molecule has 108 valence electrons. The maximum Gasteiger partial charge on any atom is 0.129 e. The first kappa shape index (κ1) is 15.9. The van der Waals surface area contributed by atoms with Crippen LogP contribution in [-0.2, 0) is 6.61 Å². The molecule has 0 unspecified atom stereocenters. The lowest BCUT2D eigenvalue weighted by molar-refractivity contribution is 0.281. The Balaban J connectivity index is 2.91. The summed E-state index contributed by atoms with van der Waals surface area (Å²) in [5.41, 5.74) is 1.89. The quantitative estimate of drug-likeness (QED) is 0.817. The van der Waals surface area contributed by atoms with Gasteiger partial charge < -0.3 is 14.9 Å². The van der Waals surface area contributed by atoms with Gasteiger partial charge in [0.25, 0.3) is 0 Å². The summed E-state index contributed by atoms with van der Waals surface area (Å²) in [6, 6.07) is 3.92. The third kappa shape index (κ3) is 5.57. The molecule has 0 amide bonds. The van der Waals surface area contributed by atoms with Crippen LogP contribution in [0.3, 0.4) is 0 Å². The van der Waals surface area contributed by atoms with Crippen molar-refractivity contribution in [1.82, 2.24) is 9.88 Å². The first-order valence-electron chi connectivity index (χ1n) is 6.90. The molecule has 0 spiro atoms. The van der Waals surface area contributed by atoms with Gasteiger partial charge in [-0.15, -0.1) is 0 Å². The number of aryl methyl sites for hydroxylation is 1. The molecule has 1 aromatic heterocycles. The van der Waals surface area contributed by atoms with Crippen LogP contribution in [0.15, 0.2) is 12.1 Å². The molecule has 19 heavy (non-hydrogen) atoms. The number of aromatic nitrogens is 1. The second kappa shape index (κ2) is 7.46. The van der Waals surface area contributed by atoms with Crippen LogP contribution >= 0.6 is 0 Å². The summed E-state index contributed by atoms with van der Waals surface area (Å²) in [6.45, 7) is 9.40. The van der Waals surface area contributed by atoms with Crippen LogP contribution in [0.2, 0.25) is 0 Å². The van der Waals surface area contributed by atoms with Gasteiger partial charge >= 0.3 is 0 Å².